The lowest BCUT2D eigenvalue weighted by atomic mass is 9.99. The third-order valence-corrected chi connectivity index (χ3v) is 3.70. The molecule has 2 aromatic carbocycles. The fourth-order valence-electron chi connectivity index (χ4n) is 2.55. The van der Waals surface area contributed by atoms with Gasteiger partial charge in [0, 0.05) is 18.6 Å². The van der Waals surface area contributed by atoms with Gasteiger partial charge in [0.15, 0.2) is 5.69 Å². The van der Waals surface area contributed by atoms with Crippen molar-refractivity contribution in [3.8, 4) is 11.3 Å². The van der Waals surface area contributed by atoms with Gasteiger partial charge in [0.05, 0.1) is 8.13 Å². The van der Waals surface area contributed by atoms with E-state index in [9.17, 15) is 0 Å². The smallest absolute Gasteiger partial charge is 0.198 e. The molecule has 94 valence electrons. The van der Waals surface area contributed by atoms with E-state index in [1.807, 2.05) is 32.2 Å². The highest BCUT2D eigenvalue weighted by atomic mass is 14.9. The average molecular weight is 250 g/mol. The third kappa shape index (κ3) is 1.91. The number of aryl methyl sites for hydroxylation is 1. The highest BCUT2D eigenvalue weighted by Gasteiger charge is 2.18. The minimum Gasteiger partial charge on any atom is -0.198 e. The van der Waals surface area contributed by atoms with Gasteiger partial charge in [-0.1, -0.05) is 36.4 Å². The zero-order valence-corrected chi connectivity index (χ0v) is 11.5. The van der Waals surface area contributed by atoms with Crippen LogP contribution in [-0.2, 0) is 7.05 Å². The zero-order valence-electron chi connectivity index (χ0n) is 13.5. The normalized spacial score (nSPS) is 12.4. The fourth-order valence-corrected chi connectivity index (χ4v) is 2.55. The van der Waals surface area contributed by atoms with Gasteiger partial charge in [-0.3, -0.25) is 0 Å². The molecule has 0 N–H and O–H groups in total. The first-order valence-electron chi connectivity index (χ1n) is 7.45. The maximum atomic E-state index is 8.05. The van der Waals surface area contributed by atoms with Crippen LogP contribution in [0.4, 0.5) is 0 Å². The molecule has 0 aliphatic heterocycles. The van der Waals surface area contributed by atoms with Gasteiger partial charge >= 0.3 is 0 Å². The number of benzene rings is 2. The molecule has 0 saturated heterocycles. The summed E-state index contributed by atoms with van der Waals surface area (Å²) in [5, 5.41) is 2.34. The van der Waals surface area contributed by atoms with E-state index in [2.05, 4.69) is 29.7 Å². The fraction of sp³-hybridized carbons (Fsp3) is 0.167. The molecule has 0 atom stereocenters. The maximum absolute atomic E-state index is 8.05. The lowest BCUT2D eigenvalue weighted by Crippen LogP contribution is -2.35. The molecule has 19 heavy (non-hydrogen) atoms. The molecule has 0 spiro atoms. The van der Waals surface area contributed by atoms with Gasteiger partial charge < -0.3 is 0 Å². The van der Waals surface area contributed by atoms with Gasteiger partial charge in [0.25, 0.3) is 0 Å². The molecule has 1 aromatic heterocycles. The van der Waals surface area contributed by atoms with E-state index in [4.69, 9.17) is 2.74 Å². The van der Waals surface area contributed by atoms with Crippen LogP contribution in [0.25, 0.3) is 22.0 Å². The monoisotopic (exact) mass is 250 g/mol. The summed E-state index contributed by atoms with van der Waals surface area (Å²) in [6, 6.07) is 14.7. The molecule has 1 nitrogen and oxygen atoms in total. The summed E-state index contributed by atoms with van der Waals surface area (Å²) in [4.78, 5) is 0. The number of nitrogens with zero attached hydrogens (tertiary/aromatic N) is 1. The van der Waals surface area contributed by atoms with E-state index in [-0.39, 0.29) is 0 Å². The van der Waals surface area contributed by atoms with Crippen molar-refractivity contribution in [2.24, 2.45) is 7.05 Å². The zero-order chi connectivity index (χ0) is 15.1. The Morgan fingerprint density at radius 3 is 2.68 bits per heavy atom. The van der Waals surface area contributed by atoms with Crippen LogP contribution in [0.15, 0.2) is 54.5 Å². The standard InChI is InChI=1S/C18H18N/c1-13-8-4-6-10-16(13)18-17-11-7-5-9-15(17)12-14(2)19(18)3/h4-12H,1-3H3/q+1/i6D,8D. The van der Waals surface area contributed by atoms with Crippen LogP contribution in [0.5, 0.6) is 0 Å². The molecule has 0 fully saturated rings. The minimum atomic E-state index is 0.381. The summed E-state index contributed by atoms with van der Waals surface area (Å²) < 4.78 is 18.1. The van der Waals surface area contributed by atoms with Crippen LogP contribution in [0, 0.1) is 13.8 Å². The molecule has 1 heteroatoms. The van der Waals surface area contributed by atoms with Crippen LogP contribution in [-0.4, -0.2) is 0 Å². The van der Waals surface area contributed by atoms with E-state index in [1.165, 1.54) is 5.39 Å². The molecule has 0 bridgehead atoms. The Morgan fingerprint density at radius 1 is 1.05 bits per heavy atom. The lowest BCUT2D eigenvalue weighted by Gasteiger charge is -2.09. The van der Waals surface area contributed by atoms with Crippen LogP contribution in [0.3, 0.4) is 0 Å². The predicted octanol–water partition coefficient (Wildman–Crippen LogP) is 3.95. The van der Waals surface area contributed by atoms with E-state index in [1.54, 1.807) is 6.07 Å². The Kier molecular flexibility index (Phi) is 2.31. The molecule has 3 rings (SSSR count). The quantitative estimate of drug-likeness (QED) is 0.576. The summed E-state index contributed by atoms with van der Waals surface area (Å²) in [6.07, 6.45) is 0. The average Bonchev–Trinajstić information content (AvgIpc) is 2.45. The van der Waals surface area contributed by atoms with E-state index in [0.29, 0.717) is 12.1 Å². The molecule has 0 unspecified atom stereocenters. The highest BCUT2D eigenvalue weighted by molar-refractivity contribution is 5.93. The summed E-state index contributed by atoms with van der Waals surface area (Å²) in [6.45, 7) is 4.03. The first-order chi connectivity index (χ1) is 9.99. The van der Waals surface area contributed by atoms with Crippen molar-refractivity contribution in [1.82, 2.24) is 0 Å². The highest BCUT2D eigenvalue weighted by Crippen LogP contribution is 2.28. The van der Waals surface area contributed by atoms with Gasteiger partial charge in [0.2, 0.25) is 5.69 Å². The molecule has 0 radical (unpaired) electrons. The number of pyridine rings is 1. The third-order valence-electron chi connectivity index (χ3n) is 3.70. The summed E-state index contributed by atoms with van der Waals surface area (Å²) in [5.74, 6) is 0. The minimum absolute atomic E-state index is 0.381. The van der Waals surface area contributed by atoms with E-state index >= 15 is 0 Å². The molecule has 3 aromatic rings. The first-order valence-corrected chi connectivity index (χ1v) is 6.45. The predicted molar refractivity (Wildman–Crippen MR) is 80.0 cm³/mol. The van der Waals surface area contributed by atoms with Gasteiger partial charge in [-0.05, 0) is 30.0 Å². The molecular formula is C18H18N+. The lowest BCUT2D eigenvalue weighted by molar-refractivity contribution is -0.665. The van der Waals surface area contributed by atoms with Crippen molar-refractivity contribution in [1.29, 1.82) is 0 Å². The van der Waals surface area contributed by atoms with E-state index in [0.717, 1.165) is 27.9 Å². The second-order valence-corrected chi connectivity index (χ2v) is 4.92. The molecule has 0 amide bonds. The summed E-state index contributed by atoms with van der Waals surface area (Å²) in [5.41, 5.74) is 4.11. The van der Waals surface area contributed by atoms with E-state index < -0.39 is 0 Å². The van der Waals surface area contributed by atoms with Gasteiger partial charge in [-0.15, -0.1) is 0 Å². The Balaban J connectivity index is 2.48. The van der Waals surface area contributed by atoms with Crippen molar-refractivity contribution in [3.05, 3.63) is 65.8 Å². The van der Waals surface area contributed by atoms with Crippen LogP contribution >= 0.6 is 0 Å². The molecule has 1 heterocycles. The number of aromatic nitrogens is 1. The maximum Gasteiger partial charge on any atom is 0.220 e. The summed E-state index contributed by atoms with van der Waals surface area (Å²) >= 11 is 0. The first kappa shape index (κ1) is 9.74. The van der Waals surface area contributed by atoms with Crippen molar-refractivity contribution >= 4 is 10.8 Å². The Morgan fingerprint density at radius 2 is 1.84 bits per heavy atom. The number of hydrogen-bond acceptors (Lipinski definition) is 0. The van der Waals surface area contributed by atoms with Gasteiger partial charge in [-0.2, -0.15) is 4.57 Å². The summed E-state index contributed by atoms with van der Waals surface area (Å²) in [7, 11) is 2.04. The molecule has 0 aliphatic carbocycles. The van der Waals surface area contributed by atoms with Gasteiger partial charge in [-0.25, -0.2) is 0 Å². The SMILES string of the molecule is [2H]c1cc([2H])c(C)c(-c2c3ccccc3cc(C)[n+]2C)c1. The second-order valence-electron chi connectivity index (χ2n) is 4.92. The Bertz CT molecular complexity index is 853. The van der Waals surface area contributed by atoms with Crippen LogP contribution in [0.1, 0.15) is 14.0 Å². The van der Waals surface area contributed by atoms with Crippen molar-refractivity contribution in [3.63, 3.8) is 0 Å². The molecular weight excluding hydrogens is 230 g/mol. The largest absolute Gasteiger partial charge is 0.220 e. The Hall–Kier alpha value is -2.15. The van der Waals surface area contributed by atoms with Crippen LogP contribution < -0.4 is 4.57 Å². The molecule has 0 aliphatic rings. The Labute approximate surface area is 117 Å². The van der Waals surface area contributed by atoms with Crippen LogP contribution in [0.2, 0.25) is 0 Å². The topological polar surface area (TPSA) is 3.88 Å². The van der Waals surface area contributed by atoms with Crippen molar-refractivity contribution in [2.45, 2.75) is 13.8 Å². The number of hydrogen-bond donors (Lipinski definition) is 0. The molecule has 0 saturated carbocycles. The van der Waals surface area contributed by atoms with Gasteiger partial charge in [0.1, 0.15) is 7.05 Å². The number of rotatable bonds is 1. The number of fused-ring (bicyclic) bond motifs is 1. The van der Waals surface area contributed by atoms with Crippen molar-refractivity contribution < 1.29 is 7.31 Å². The van der Waals surface area contributed by atoms with Crippen molar-refractivity contribution in [2.75, 3.05) is 0 Å². The second kappa shape index (κ2) is 4.51.